The molecule has 4 nitrogen and oxygen atoms in total. The Morgan fingerprint density at radius 1 is 1.45 bits per heavy atom. The van der Waals surface area contributed by atoms with Crippen molar-refractivity contribution < 1.29 is 9.90 Å². The molecule has 0 aromatic heterocycles. The topological polar surface area (TPSA) is 52.6 Å². The summed E-state index contributed by atoms with van der Waals surface area (Å²) in [5, 5.41) is 9.79. The van der Waals surface area contributed by atoms with Crippen molar-refractivity contribution >= 4 is 6.09 Å². The minimum absolute atomic E-state index is 0.471. The summed E-state index contributed by atoms with van der Waals surface area (Å²) in [6.07, 6.45) is 2.15. The molecule has 0 unspecified atom stereocenters. The number of rotatable bonds is 5. The first-order chi connectivity index (χ1) is 5.20. The third-order valence-electron chi connectivity index (χ3n) is 0.953. The van der Waals surface area contributed by atoms with Crippen LogP contribution >= 0.6 is 0 Å². The largest absolute Gasteiger partial charge is 0.464 e. The second kappa shape index (κ2) is 5.49. The maximum Gasteiger partial charge on any atom is 0.419 e. The molecule has 0 radical (unpaired) electrons. The zero-order valence-electron chi connectivity index (χ0n) is 6.29. The van der Waals surface area contributed by atoms with Gasteiger partial charge in [0.2, 0.25) is 0 Å². The molecule has 0 aliphatic heterocycles. The van der Waals surface area contributed by atoms with Gasteiger partial charge in [0.1, 0.15) is 0 Å². The number of amides is 1. The number of hydrazine groups is 1. The van der Waals surface area contributed by atoms with Crippen LogP contribution in [-0.4, -0.2) is 29.3 Å². The zero-order valence-corrected chi connectivity index (χ0v) is 6.29. The maximum atomic E-state index is 10.1. The predicted octanol–water partition coefficient (Wildman–Crippen LogP) is 0.843. The van der Waals surface area contributed by atoms with Crippen molar-refractivity contribution in [2.24, 2.45) is 0 Å². The van der Waals surface area contributed by atoms with Crippen LogP contribution in [0, 0.1) is 0 Å². The number of hydrogen-bond acceptors (Lipinski definition) is 2. The van der Waals surface area contributed by atoms with Crippen LogP contribution in [0.15, 0.2) is 25.3 Å². The number of carboxylic acid groups (broad SMARTS) is 1. The maximum absolute atomic E-state index is 10.1. The van der Waals surface area contributed by atoms with Gasteiger partial charge >= 0.3 is 6.09 Å². The Balaban J connectivity index is 3.76. The average Bonchev–Trinajstić information content (AvgIpc) is 1.87. The fourth-order valence-electron chi connectivity index (χ4n) is 0.613. The number of nitrogens with one attached hydrogen (secondary N) is 1. The molecular weight excluding hydrogens is 144 g/mol. The van der Waals surface area contributed by atoms with Gasteiger partial charge in [-0.1, -0.05) is 12.2 Å². The van der Waals surface area contributed by atoms with Gasteiger partial charge in [0.25, 0.3) is 0 Å². The van der Waals surface area contributed by atoms with E-state index in [0.29, 0.717) is 13.1 Å². The van der Waals surface area contributed by atoms with Gasteiger partial charge in [-0.2, -0.15) is 0 Å². The fraction of sp³-hybridized carbons (Fsp3) is 0.286. The van der Waals surface area contributed by atoms with Crippen molar-refractivity contribution in [1.29, 1.82) is 0 Å². The van der Waals surface area contributed by atoms with Crippen molar-refractivity contribution in [2.75, 3.05) is 13.1 Å². The number of nitrogens with zero attached hydrogens (tertiary/aromatic N) is 1. The van der Waals surface area contributed by atoms with Gasteiger partial charge in [-0.05, 0) is 0 Å². The van der Waals surface area contributed by atoms with E-state index in [-0.39, 0.29) is 0 Å². The summed E-state index contributed by atoms with van der Waals surface area (Å²) in [4.78, 5) is 10.1. The SMILES string of the molecule is C=CCN(CC=C)NC(=O)O. The molecule has 0 heterocycles. The lowest BCUT2D eigenvalue weighted by Gasteiger charge is -2.16. The molecule has 1 amide bonds. The molecule has 0 bridgehead atoms. The average molecular weight is 156 g/mol. The van der Waals surface area contributed by atoms with Crippen LogP contribution in [0.3, 0.4) is 0 Å². The second-order valence-corrected chi connectivity index (χ2v) is 1.90. The molecule has 0 aromatic rings. The second-order valence-electron chi connectivity index (χ2n) is 1.90. The predicted molar refractivity (Wildman–Crippen MR) is 43.1 cm³/mol. The Bertz CT molecular complexity index is 147. The molecule has 2 N–H and O–H groups in total. The van der Waals surface area contributed by atoms with Gasteiger partial charge in [0, 0.05) is 13.1 Å². The van der Waals surface area contributed by atoms with E-state index in [0.717, 1.165) is 0 Å². The third-order valence-corrected chi connectivity index (χ3v) is 0.953. The Morgan fingerprint density at radius 3 is 2.18 bits per heavy atom. The van der Waals surface area contributed by atoms with Gasteiger partial charge in [-0.25, -0.2) is 9.80 Å². The van der Waals surface area contributed by atoms with Crippen LogP contribution in [-0.2, 0) is 0 Å². The lowest BCUT2D eigenvalue weighted by Crippen LogP contribution is -2.41. The molecule has 11 heavy (non-hydrogen) atoms. The Morgan fingerprint density at radius 2 is 1.91 bits per heavy atom. The van der Waals surface area contributed by atoms with E-state index in [4.69, 9.17) is 5.11 Å². The summed E-state index contributed by atoms with van der Waals surface area (Å²) in [5.74, 6) is 0. The minimum atomic E-state index is -1.08. The summed E-state index contributed by atoms with van der Waals surface area (Å²) in [5.41, 5.74) is 2.19. The Kier molecular flexibility index (Phi) is 4.85. The van der Waals surface area contributed by atoms with E-state index in [1.807, 2.05) is 0 Å². The first kappa shape index (κ1) is 9.71. The van der Waals surface area contributed by atoms with Gasteiger partial charge < -0.3 is 5.11 Å². The summed E-state index contributed by atoms with van der Waals surface area (Å²) in [6, 6.07) is 0. The highest BCUT2D eigenvalue weighted by atomic mass is 16.4. The molecule has 0 spiro atoms. The van der Waals surface area contributed by atoms with E-state index in [2.05, 4.69) is 18.6 Å². The highest BCUT2D eigenvalue weighted by molar-refractivity contribution is 5.63. The van der Waals surface area contributed by atoms with Crippen molar-refractivity contribution in [3.63, 3.8) is 0 Å². The molecule has 0 aromatic carbocycles. The van der Waals surface area contributed by atoms with Crippen LogP contribution in [0.4, 0.5) is 4.79 Å². The summed E-state index contributed by atoms with van der Waals surface area (Å²) in [6.45, 7) is 7.90. The van der Waals surface area contributed by atoms with Crippen molar-refractivity contribution in [3.05, 3.63) is 25.3 Å². The van der Waals surface area contributed by atoms with Gasteiger partial charge in [-0.15, -0.1) is 13.2 Å². The summed E-state index contributed by atoms with van der Waals surface area (Å²) < 4.78 is 0. The van der Waals surface area contributed by atoms with Gasteiger partial charge in [-0.3, -0.25) is 5.43 Å². The first-order valence-electron chi connectivity index (χ1n) is 3.17. The molecule has 0 aliphatic rings. The van der Waals surface area contributed by atoms with E-state index in [9.17, 15) is 4.79 Å². The summed E-state index contributed by atoms with van der Waals surface area (Å²) in [7, 11) is 0. The van der Waals surface area contributed by atoms with Crippen molar-refractivity contribution in [2.45, 2.75) is 0 Å². The van der Waals surface area contributed by atoms with E-state index < -0.39 is 6.09 Å². The van der Waals surface area contributed by atoms with Crippen LogP contribution < -0.4 is 5.43 Å². The van der Waals surface area contributed by atoms with E-state index in [1.165, 1.54) is 5.01 Å². The standard InChI is InChI=1S/C7H12N2O2/c1-3-5-9(6-4-2)8-7(10)11/h3-4,8H,1-2,5-6H2,(H,10,11). The highest BCUT2D eigenvalue weighted by Crippen LogP contribution is 1.82. The normalized spacial score (nSPS) is 9.18. The molecular formula is C7H12N2O2. The molecule has 4 heteroatoms. The molecule has 0 saturated heterocycles. The number of hydrogen-bond donors (Lipinski definition) is 2. The first-order valence-corrected chi connectivity index (χ1v) is 3.17. The van der Waals surface area contributed by atoms with Crippen molar-refractivity contribution in [3.8, 4) is 0 Å². The minimum Gasteiger partial charge on any atom is -0.464 e. The number of carbonyl (C=O) groups is 1. The zero-order chi connectivity index (χ0) is 8.69. The molecule has 0 atom stereocenters. The monoisotopic (exact) mass is 156 g/mol. The summed E-state index contributed by atoms with van der Waals surface area (Å²) >= 11 is 0. The van der Waals surface area contributed by atoms with Crippen LogP contribution in [0.25, 0.3) is 0 Å². The highest BCUT2D eigenvalue weighted by Gasteiger charge is 2.01. The van der Waals surface area contributed by atoms with Crippen molar-refractivity contribution in [1.82, 2.24) is 10.4 Å². The Labute approximate surface area is 65.8 Å². The molecule has 62 valence electrons. The molecule has 0 aliphatic carbocycles. The third kappa shape index (κ3) is 5.17. The van der Waals surface area contributed by atoms with E-state index in [1.54, 1.807) is 12.2 Å². The van der Waals surface area contributed by atoms with E-state index >= 15 is 0 Å². The molecule has 0 saturated carbocycles. The Hall–Kier alpha value is -1.29. The quantitative estimate of drug-likeness (QED) is 0.458. The fourth-order valence-corrected chi connectivity index (χ4v) is 0.613. The molecule has 0 fully saturated rings. The van der Waals surface area contributed by atoms with Gasteiger partial charge in [0.05, 0.1) is 0 Å². The van der Waals surface area contributed by atoms with Crippen LogP contribution in [0.2, 0.25) is 0 Å². The van der Waals surface area contributed by atoms with Gasteiger partial charge in [0.15, 0.2) is 0 Å². The lowest BCUT2D eigenvalue weighted by atomic mass is 10.5. The van der Waals surface area contributed by atoms with Crippen LogP contribution in [0.5, 0.6) is 0 Å². The smallest absolute Gasteiger partial charge is 0.419 e. The van der Waals surface area contributed by atoms with Crippen LogP contribution in [0.1, 0.15) is 0 Å². The molecule has 0 rings (SSSR count). The lowest BCUT2D eigenvalue weighted by molar-refractivity contribution is 0.153.